The molecule has 0 aliphatic rings. The van der Waals surface area contributed by atoms with Crippen molar-refractivity contribution in [1.29, 1.82) is 0 Å². The van der Waals surface area contributed by atoms with Crippen molar-refractivity contribution in [3.8, 4) is 0 Å². The number of nitrogens with one attached hydrogen (secondary N) is 2. The van der Waals surface area contributed by atoms with Gasteiger partial charge in [0.05, 0.1) is 6.04 Å². The Morgan fingerprint density at radius 3 is 2.32 bits per heavy atom. The average molecular weight is 329 g/mol. The van der Waals surface area contributed by atoms with Crippen LogP contribution in [0.5, 0.6) is 0 Å². The molecule has 0 saturated heterocycles. The molecule has 5 nitrogen and oxygen atoms in total. The van der Waals surface area contributed by atoms with Crippen LogP contribution in [0.15, 0.2) is 28.7 Å². The lowest BCUT2D eigenvalue weighted by Gasteiger charge is -2.17. The van der Waals surface area contributed by atoms with Crippen LogP contribution in [0.2, 0.25) is 0 Å². The summed E-state index contributed by atoms with van der Waals surface area (Å²) in [6.07, 6.45) is 0.343. The number of aliphatic carboxylic acids is 1. The van der Waals surface area contributed by atoms with Crippen molar-refractivity contribution >= 4 is 27.9 Å². The summed E-state index contributed by atoms with van der Waals surface area (Å²) in [7, 11) is 0. The first-order valence-corrected chi connectivity index (χ1v) is 6.78. The second-order valence-corrected chi connectivity index (χ2v) is 5.11. The Bertz CT molecular complexity index is 448. The highest BCUT2D eigenvalue weighted by Crippen LogP contribution is 2.16. The Morgan fingerprint density at radius 2 is 1.84 bits per heavy atom. The SMILES string of the molecule is CC[C@@H](NC(=O)NC(C)c1ccc(Br)cc1)C(=O)O. The first-order valence-electron chi connectivity index (χ1n) is 5.99. The maximum atomic E-state index is 11.7. The molecule has 104 valence electrons. The van der Waals surface area contributed by atoms with Crippen LogP contribution in [0.25, 0.3) is 0 Å². The van der Waals surface area contributed by atoms with Gasteiger partial charge in [-0.05, 0) is 31.0 Å². The number of carbonyl (C=O) groups is 2. The lowest BCUT2D eigenvalue weighted by atomic mass is 10.1. The maximum absolute atomic E-state index is 11.7. The quantitative estimate of drug-likeness (QED) is 0.777. The molecule has 1 rings (SSSR count). The van der Waals surface area contributed by atoms with Gasteiger partial charge in [0, 0.05) is 4.47 Å². The predicted octanol–water partition coefficient (Wildman–Crippen LogP) is 2.67. The van der Waals surface area contributed by atoms with Gasteiger partial charge in [0.2, 0.25) is 0 Å². The van der Waals surface area contributed by atoms with E-state index in [1.165, 1.54) is 0 Å². The molecule has 0 saturated carbocycles. The fraction of sp³-hybridized carbons (Fsp3) is 0.385. The van der Waals surface area contributed by atoms with Crippen LogP contribution in [0.3, 0.4) is 0 Å². The summed E-state index contributed by atoms with van der Waals surface area (Å²) < 4.78 is 0.963. The predicted molar refractivity (Wildman–Crippen MR) is 75.9 cm³/mol. The van der Waals surface area contributed by atoms with Crippen molar-refractivity contribution in [2.24, 2.45) is 0 Å². The Balaban J connectivity index is 2.56. The van der Waals surface area contributed by atoms with Crippen molar-refractivity contribution in [2.45, 2.75) is 32.4 Å². The zero-order valence-electron chi connectivity index (χ0n) is 10.8. The van der Waals surface area contributed by atoms with Gasteiger partial charge in [-0.15, -0.1) is 0 Å². The number of carbonyl (C=O) groups excluding carboxylic acids is 1. The number of carboxylic acids is 1. The third-order valence-electron chi connectivity index (χ3n) is 2.73. The topological polar surface area (TPSA) is 78.4 Å². The summed E-state index contributed by atoms with van der Waals surface area (Å²) in [6.45, 7) is 3.54. The molecule has 6 heteroatoms. The van der Waals surface area contributed by atoms with Gasteiger partial charge < -0.3 is 15.7 Å². The number of urea groups is 1. The van der Waals surface area contributed by atoms with E-state index in [0.29, 0.717) is 6.42 Å². The number of rotatable bonds is 5. The first-order chi connectivity index (χ1) is 8.93. The zero-order chi connectivity index (χ0) is 14.4. The maximum Gasteiger partial charge on any atom is 0.326 e. The smallest absolute Gasteiger partial charge is 0.326 e. The van der Waals surface area contributed by atoms with E-state index < -0.39 is 18.0 Å². The van der Waals surface area contributed by atoms with Crippen LogP contribution in [0, 0.1) is 0 Å². The van der Waals surface area contributed by atoms with Gasteiger partial charge >= 0.3 is 12.0 Å². The van der Waals surface area contributed by atoms with Crippen molar-refractivity contribution in [2.75, 3.05) is 0 Å². The van der Waals surface area contributed by atoms with Gasteiger partial charge in [-0.25, -0.2) is 9.59 Å². The number of hydrogen-bond acceptors (Lipinski definition) is 2. The molecule has 3 N–H and O–H groups in total. The van der Waals surface area contributed by atoms with Gasteiger partial charge in [0.1, 0.15) is 6.04 Å². The van der Waals surface area contributed by atoms with E-state index in [1.54, 1.807) is 6.92 Å². The van der Waals surface area contributed by atoms with Crippen LogP contribution in [-0.2, 0) is 4.79 Å². The molecule has 0 heterocycles. The van der Waals surface area contributed by atoms with Crippen molar-refractivity contribution in [3.05, 3.63) is 34.3 Å². The molecule has 0 bridgehead atoms. The van der Waals surface area contributed by atoms with E-state index in [1.807, 2.05) is 31.2 Å². The van der Waals surface area contributed by atoms with Gasteiger partial charge in [-0.3, -0.25) is 0 Å². The molecule has 0 aromatic heterocycles. The van der Waals surface area contributed by atoms with E-state index in [9.17, 15) is 9.59 Å². The Morgan fingerprint density at radius 1 is 1.26 bits per heavy atom. The second kappa shape index (κ2) is 7.13. The molecular formula is C13H17BrN2O3. The van der Waals surface area contributed by atoms with Crippen molar-refractivity contribution < 1.29 is 14.7 Å². The first kappa shape index (κ1) is 15.5. The number of carboxylic acid groups (broad SMARTS) is 1. The molecular weight excluding hydrogens is 312 g/mol. The van der Waals surface area contributed by atoms with Crippen molar-refractivity contribution in [1.82, 2.24) is 10.6 Å². The van der Waals surface area contributed by atoms with Gasteiger partial charge in [0.25, 0.3) is 0 Å². The molecule has 0 radical (unpaired) electrons. The Labute approximate surface area is 120 Å². The van der Waals surface area contributed by atoms with E-state index in [-0.39, 0.29) is 6.04 Å². The molecule has 1 aromatic carbocycles. The molecule has 19 heavy (non-hydrogen) atoms. The van der Waals surface area contributed by atoms with Gasteiger partial charge in [0.15, 0.2) is 0 Å². The minimum absolute atomic E-state index is 0.195. The lowest BCUT2D eigenvalue weighted by Crippen LogP contribution is -2.46. The molecule has 0 aliphatic carbocycles. The van der Waals surface area contributed by atoms with Gasteiger partial charge in [-0.2, -0.15) is 0 Å². The Hall–Kier alpha value is -1.56. The standard InChI is InChI=1S/C13H17BrN2O3/c1-3-11(12(17)18)16-13(19)15-8(2)9-4-6-10(14)7-5-9/h4-8,11H,3H2,1-2H3,(H,17,18)(H2,15,16,19)/t8?,11-/m1/s1. The summed E-state index contributed by atoms with van der Waals surface area (Å²) in [5.74, 6) is -1.03. The third-order valence-corrected chi connectivity index (χ3v) is 3.26. The van der Waals surface area contributed by atoms with E-state index in [0.717, 1.165) is 10.0 Å². The molecule has 2 atom stereocenters. The molecule has 2 amide bonds. The van der Waals surface area contributed by atoms with Crippen LogP contribution >= 0.6 is 15.9 Å². The summed E-state index contributed by atoms with van der Waals surface area (Å²) >= 11 is 3.34. The lowest BCUT2D eigenvalue weighted by molar-refractivity contribution is -0.139. The van der Waals surface area contributed by atoms with Gasteiger partial charge in [-0.1, -0.05) is 35.0 Å². The molecule has 1 unspecified atom stereocenters. The van der Waals surface area contributed by atoms with Crippen LogP contribution < -0.4 is 10.6 Å². The highest BCUT2D eigenvalue weighted by molar-refractivity contribution is 9.10. The monoisotopic (exact) mass is 328 g/mol. The minimum atomic E-state index is -1.03. The highest BCUT2D eigenvalue weighted by atomic mass is 79.9. The molecule has 0 aliphatic heterocycles. The van der Waals surface area contributed by atoms with Crippen LogP contribution in [-0.4, -0.2) is 23.1 Å². The fourth-order valence-electron chi connectivity index (χ4n) is 1.57. The number of amides is 2. The Kier molecular flexibility index (Phi) is 5.82. The summed E-state index contributed by atoms with van der Waals surface area (Å²) in [6, 6.07) is 6.02. The molecule has 1 aromatic rings. The summed E-state index contributed by atoms with van der Waals surface area (Å²) in [5.41, 5.74) is 0.946. The number of halogens is 1. The van der Waals surface area contributed by atoms with E-state index in [2.05, 4.69) is 26.6 Å². The minimum Gasteiger partial charge on any atom is -0.480 e. The largest absolute Gasteiger partial charge is 0.480 e. The summed E-state index contributed by atoms with van der Waals surface area (Å²) in [4.78, 5) is 22.5. The van der Waals surface area contributed by atoms with E-state index >= 15 is 0 Å². The normalized spacial score (nSPS) is 13.4. The van der Waals surface area contributed by atoms with Crippen LogP contribution in [0.4, 0.5) is 4.79 Å². The van der Waals surface area contributed by atoms with E-state index in [4.69, 9.17) is 5.11 Å². The average Bonchev–Trinajstić information content (AvgIpc) is 2.36. The fourth-order valence-corrected chi connectivity index (χ4v) is 1.83. The van der Waals surface area contributed by atoms with Crippen LogP contribution in [0.1, 0.15) is 31.9 Å². The number of hydrogen-bond donors (Lipinski definition) is 3. The second-order valence-electron chi connectivity index (χ2n) is 4.19. The van der Waals surface area contributed by atoms with Crippen molar-refractivity contribution in [3.63, 3.8) is 0 Å². The number of benzene rings is 1. The highest BCUT2D eigenvalue weighted by Gasteiger charge is 2.18. The molecule has 0 fully saturated rings. The zero-order valence-corrected chi connectivity index (χ0v) is 12.4. The molecule has 0 spiro atoms. The summed E-state index contributed by atoms with van der Waals surface area (Å²) in [5, 5.41) is 14.0. The third kappa shape index (κ3) is 4.90.